The lowest BCUT2D eigenvalue weighted by atomic mass is 10.1. The van der Waals surface area contributed by atoms with Crippen LogP contribution in [0.2, 0.25) is 0 Å². The number of aryl methyl sites for hydroxylation is 1. The molecular formula is C21H22N4O5S. The van der Waals surface area contributed by atoms with Gasteiger partial charge in [-0.2, -0.15) is 4.98 Å². The lowest BCUT2D eigenvalue weighted by molar-refractivity contribution is -0.138. The number of ether oxygens (including phenoxy) is 1. The van der Waals surface area contributed by atoms with Crippen molar-refractivity contribution in [3.05, 3.63) is 60.0 Å². The molecule has 3 aromatic rings. The van der Waals surface area contributed by atoms with Crippen molar-refractivity contribution in [1.82, 2.24) is 15.0 Å². The summed E-state index contributed by atoms with van der Waals surface area (Å²) in [6, 6.07) is 14.4. The van der Waals surface area contributed by atoms with Gasteiger partial charge in [-0.15, -0.1) is 0 Å². The minimum Gasteiger partial charge on any atom is -0.476 e. The monoisotopic (exact) mass is 442 g/mol. The van der Waals surface area contributed by atoms with Gasteiger partial charge in [0, 0.05) is 12.6 Å². The van der Waals surface area contributed by atoms with Gasteiger partial charge in [-0.25, -0.2) is 8.42 Å². The van der Waals surface area contributed by atoms with E-state index in [2.05, 4.69) is 10.1 Å². The van der Waals surface area contributed by atoms with Crippen molar-refractivity contribution >= 4 is 21.6 Å². The first-order valence-corrected chi connectivity index (χ1v) is 11.5. The van der Waals surface area contributed by atoms with Gasteiger partial charge in [0.1, 0.15) is 5.75 Å². The molecule has 0 saturated carbocycles. The number of fused-ring (bicyclic) bond motifs is 1. The molecule has 0 aliphatic carbocycles. The lowest BCUT2D eigenvalue weighted by Crippen LogP contribution is -2.50. The molecular weight excluding hydrogens is 420 g/mol. The third-order valence-electron chi connectivity index (χ3n) is 4.90. The van der Waals surface area contributed by atoms with Gasteiger partial charge in [-0.3, -0.25) is 9.10 Å². The fourth-order valence-electron chi connectivity index (χ4n) is 3.39. The molecule has 31 heavy (non-hydrogen) atoms. The number of sulfonamides is 1. The summed E-state index contributed by atoms with van der Waals surface area (Å²) < 4.78 is 36.8. The summed E-state index contributed by atoms with van der Waals surface area (Å²) in [7, 11) is -2.00. The minimum absolute atomic E-state index is 0.0675. The maximum atomic E-state index is 13.0. The van der Waals surface area contributed by atoms with Crippen molar-refractivity contribution in [3.63, 3.8) is 0 Å². The number of hydrogen-bond donors (Lipinski definition) is 0. The molecule has 1 amide bonds. The summed E-state index contributed by atoms with van der Waals surface area (Å²) >= 11 is 0. The molecule has 1 atom stereocenters. The summed E-state index contributed by atoms with van der Waals surface area (Å²) in [6.45, 7) is 1.93. The van der Waals surface area contributed by atoms with Gasteiger partial charge < -0.3 is 14.2 Å². The smallest absolute Gasteiger partial charge is 0.265 e. The fourth-order valence-corrected chi connectivity index (χ4v) is 4.31. The van der Waals surface area contributed by atoms with E-state index in [0.717, 1.165) is 17.4 Å². The van der Waals surface area contributed by atoms with E-state index in [9.17, 15) is 13.2 Å². The number of para-hydroxylation sites is 2. The van der Waals surface area contributed by atoms with E-state index in [0.29, 0.717) is 17.3 Å². The van der Waals surface area contributed by atoms with Gasteiger partial charge in [-0.1, -0.05) is 41.1 Å². The maximum absolute atomic E-state index is 13.0. The van der Waals surface area contributed by atoms with Gasteiger partial charge in [0.05, 0.1) is 25.0 Å². The highest BCUT2D eigenvalue weighted by Crippen LogP contribution is 2.35. The normalized spacial score (nSPS) is 15.8. The number of rotatable bonds is 5. The summed E-state index contributed by atoms with van der Waals surface area (Å²) in [5.74, 6) is 0.651. The van der Waals surface area contributed by atoms with E-state index in [1.54, 1.807) is 31.3 Å². The second kappa shape index (κ2) is 8.03. The summed E-state index contributed by atoms with van der Waals surface area (Å²) in [5.41, 5.74) is 2.30. The highest BCUT2D eigenvalue weighted by atomic mass is 32.2. The number of benzene rings is 2. The molecule has 1 aliphatic heterocycles. The lowest BCUT2D eigenvalue weighted by Gasteiger charge is -2.35. The zero-order valence-electron chi connectivity index (χ0n) is 17.3. The van der Waals surface area contributed by atoms with Crippen molar-refractivity contribution < 1.29 is 22.5 Å². The van der Waals surface area contributed by atoms with Crippen molar-refractivity contribution in [2.45, 2.75) is 19.6 Å². The van der Waals surface area contributed by atoms with Gasteiger partial charge >= 0.3 is 0 Å². The van der Waals surface area contributed by atoms with Crippen molar-refractivity contribution in [3.8, 4) is 17.1 Å². The summed E-state index contributed by atoms with van der Waals surface area (Å²) in [6.07, 6.45) is 0.111. The van der Waals surface area contributed by atoms with Crippen molar-refractivity contribution in [2.24, 2.45) is 0 Å². The molecule has 0 bridgehead atoms. The predicted octanol–water partition coefficient (Wildman–Crippen LogP) is 2.23. The van der Waals surface area contributed by atoms with E-state index >= 15 is 0 Å². The van der Waals surface area contributed by atoms with E-state index in [1.807, 2.05) is 31.2 Å². The molecule has 0 N–H and O–H groups in total. The molecule has 0 spiro atoms. The van der Waals surface area contributed by atoms with Crippen LogP contribution in [-0.2, 0) is 21.4 Å². The van der Waals surface area contributed by atoms with E-state index < -0.39 is 22.0 Å². The fraction of sp³-hybridized carbons (Fsp3) is 0.286. The Hall–Kier alpha value is -3.40. The van der Waals surface area contributed by atoms with Crippen LogP contribution in [0.4, 0.5) is 5.69 Å². The summed E-state index contributed by atoms with van der Waals surface area (Å²) in [5, 5.41) is 3.98. The Morgan fingerprint density at radius 3 is 2.74 bits per heavy atom. The Morgan fingerprint density at radius 2 is 2.00 bits per heavy atom. The molecule has 0 radical (unpaired) electrons. The third-order valence-corrected chi connectivity index (χ3v) is 6.05. The summed E-state index contributed by atoms with van der Waals surface area (Å²) in [4.78, 5) is 18.7. The second-order valence-electron chi connectivity index (χ2n) is 7.44. The van der Waals surface area contributed by atoms with Gasteiger partial charge in [-0.05, 0) is 25.1 Å². The SMILES string of the molecule is Cc1cccc(-c2noc(CN(C)C(=O)[C@H]3CN(S(C)(=O)=O)c4ccccc4O3)n2)c1. The Morgan fingerprint density at radius 1 is 1.23 bits per heavy atom. The largest absolute Gasteiger partial charge is 0.476 e. The van der Waals surface area contributed by atoms with E-state index in [-0.39, 0.29) is 19.0 Å². The van der Waals surface area contributed by atoms with Crippen molar-refractivity contribution in [2.75, 3.05) is 24.2 Å². The Labute approximate surface area is 180 Å². The molecule has 9 nitrogen and oxygen atoms in total. The molecule has 4 rings (SSSR count). The number of nitrogens with zero attached hydrogens (tertiary/aromatic N) is 4. The minimum atomic E-state index is -3.58. The van der Waals surface area contributed by atoms with Crippen LogP contribution >= 0.6 is 0 Å². The molecule has 2 aromatic carbocycles. The molecule has 1 aliphatic rings. The van der Waals surface area contributed by atoms with Crippen LogP contribution in [0.1, 0.15) is 11.5 Å². The number of aromatic nitrogens is 2. The van der Waals surface area contributed by atoms with Gasteiger partial charge in [0.25, 0.3) is 5.91 Å². The van der Waals surface area contributed by atoms with Crippen LogP contribution in [0, 0.1) is 6.92 Å². The Kier molecular flexibility index (Phi) is 5.40. The number of anilines is 1. The van der Waals surface area contributed by atoms with Crippen LogP contribution in [0.25, 0.3) is 11.4 Å². The molecule has 0 saturated heterocycles. The standard InChI is InChI=1S/C21H22N4O5S/c1-14-7-6-8-15(11-14)20-22-19(30-23-20)13-24(2)21(26)18-12-25(31(3,27)28)16-9-4-5-10-17(16)29-18/h4-11,18H,12-13H2,1-3H3/t18-/m1/s1. The number of hydrogen-bond acceptors (Lipinski definition) is 7. The highest BCUT2D eigenvalue weighted by molar-refractivity contribution is 7.92. The zero-order valence-corrected chi connectivity index (χ0v) is 18.2. The molecule has 0 fully saturated rings. The Balaban J connectivity index is 1.50. The third kappa shape index (κ3) is 4.38. The predicted molar refractivity (Wildman–Crippen MR) is 114 cm³/mol. The average molecular weight is 442 g/mol. The average Bonchev–Trinajstić information content (AvgIpc) is 3.20. The molecule has 2 heterocycles. The van der Waals surface area contributed by atoms with Gasteiger partial charge in [0.2, 0.25) is 21.7 Å². The van der Waals surface area contributed by atoms with Crippen LogP contribution < -0.4 is 9.04 Å². The molecule has 10 heteroatoms. The van der Waals surface area contributed by atoms with Crippen molar-refractivity contribution in [1.29, 1.82) is 0 Å². The van der Waals surface area contributed by atoms with Crippen LogP contribution in [0.5, 0.6) is 5.75 Å². The molecule has 162 valence electrons. The first kappa shape index (κ1) is 20.9. The number of amides is 1. The van der Waals surface area contributed by atoms with Gasteiger partial charge in [0.15, 0.2) is 6.10 Å². The zero-order chi connectivity index (χ0) is 22.2. The van der Waals surface area contributed by atoms with Crippen LogP contribution in [-0.4, -0.2) is 55.3 Å². The highest BCUT2D eigenvalue weighted by Gasteiger charge is 2.36. The number of carbonyl (C=O) groups excluding carboxylic acids is 1. The van der Waals surface area contributed by atoms with E-state index in [4.69, 9.17) is 9.26 Å². The molecule has 0 unspecified atom stereocenters. The number of carbonyl (C=O) groups is 1. The molecule has 1 aromatic heterocycles. The van der Waals surface area contributed by atoms with E-state index in [1.165, 1.54) is 9.21 Å². The quantitative estimate of drug-likeness (QED) is 0.596. The first-order chi connectivity index (χ1) is 14.7. The Bertz CT molecular complexity index is 1220. The first-order valence-electron chi connectivity index (χ1n) is 9.60. The number of likely N-dealkylation sites (N-methyl/N-ethyl adjacent to an activating group) is 1. The van der Waals surface area contributed by atoms with Crippen LogP contribution in [0.15, 0.2) is 53.1 Å². The maximum Gasteiger partial charge on any atom is 0.265 e. The second-order valence-corrected chi connectivity index (χ2v) is 9.35. The topological polar surface area (TPSA) is 106 Å². The van der Waals surface area contributed by atoms with Crippen LogP contribution in [0.3, 0.4) is 0 Å².